The van der Waals surface area contributed by atoms with Gasteiger partial charge in [0.15, 0.2) is 11.6 Å². The number of carbonyl (C=O) groups is 2. The molecule has 1 aromatic carbocycles. The molecule has 108 valence electrons. The molecule has 0 heterocycles. The maximum absolute atomic E-state index is 12.3. The average Bonchev–Trinajstić information content (AvgIpc) is 2.44. The fraction of sp³-hybridized carbons (Fsp3) is 0.294. The van der Waals surface area contributed by atoms with Crippen molar-refractivity contribution in [1.29, 1.82) is 0 Å². The predicted molar refractivity (Wildman–Crippen MR) is 77.2 cm³/mol. The lowest BCUT2D eigenvalue weighted by atomic mass is 9.90. The predicted octanol–water partition coefficient (Wildman–Crippen LogP) is 2.37. The van der Waals surface area contributed by atoms with Crippen LogP contribution in [-0.4, -0.2) is 21.8 Å². The van der Waals surface area contributed by atoms with Crippen molar-refractivity contribution in [3.8, 4) is 11.5 Å². The van der Waals surface area contributed by atoms with Gasteiger partial charge in [-0.15, -0.1) is 0 Å². The number of ketones is 2. The minimum absolute atomic E-state index is 0.0617. The van der Waals surface area contributed by atoms with E-state index >= 15 is 0 Å². The third-order valence-electron chi connectivity index (χ3n) is 4.02. The lowest BCUT2D eigenvalue weighted by Gasteiger charge is -2.12. The fourth-order valence-corrected chi connectivity index (χ4v) is 2.96. The number of aromatic hydroxyl groups is 2. The van der Waals surface area contributed by atoms with Gasteiger partial charge in [0, 0.05) is 11.1 Å². The van der Waals surface area contributed by atoms with E-state index < -0.39 is 0 Å². The van der Waals surface area contributed by atoms with E-state index in [0.717, 1.165) is 0 Å². The smallest absolute Gasteiger partial charge is 0.185 e. The molecule has 0 spiro atoms. The van der Waals surface area contributed by atoms with Crippen molar-refractivity contribution in [3.05, 3.63) is 46.6 Å². The molecule has 21 heavy (non-hydrogen) atoms. The Kier molecular flexibility index (Phi) is 3.37. The first-order valence-corrected chi connectivity index (χ1v) is 7.08. The number of hydrogen-bond donors (Lipinski definition) is 2. The van der Waals surface area contributed by atoms with Crippen LogP contribution in [0, 0.1) is 0 Å². The summed E-state index contributed by atoms with van der Waals surface area (Å²) in [6.45, 7) is 0. The topological polar surface area (TPSA) is 74.6 Å². The normalized spacial score (nSPS) is 18.7. The van der Waals surface area contributed by atoms with Gasteiger partial charge in [-0.05, 0) is 67.5 Å². The molecule has 1 aromatic rings. The van der Waals surface area contributed by atoms with E-state index in [-0.39, 0.29) is 23.1 Å². The van der Waals surface area contributed by atoms with Crippen molar-refractivity contribution in [1.82, 2.24) is 0 Å². The molecule has 4 heteroatoms. The number of fused-ring (bicyclic) bond motifs is 4. The monoisotopic (exact) mass is 284 g/mol. The van der Waals surface area contributed by atoms with Crippen LogP contribution >= 0.6 is 0 Å². The van der Waals surface area contributed by atoms with E-state index in [2.05, 4.69) is 0 Å². The van der Waals surface area contributed by atoms with Crippen molar-refractivity contribution in [2.75, 3.05) is 0 Å². The van der Waals surface area contributed by atoms with Gasteiger partial charge >= 0.3 is 0 Å². The van der Waals surface area contributed by atoms with Crippen molar-refractivity contribution < 1.29 is 19.8 Å². The van der Waals surface area contributed by atoms with E-state index in [1.807, 2.05) is 0 Å². The standard InChI is InChI=1S/C17H16O4/c18-14-6-10-2-1-3-11-7-15(19)9-13(17(11)21)5-4-12(8-14)16(10)20/h6-9,18,20H,1-5H2. The lowest BCUT2D eigenvalue weighted by molar-refractivity contribution is -0.115. The molecule has 0 aromatic heterocycles. The molecule has 2 aliphatic carbocycles. The van der Waals surface area contributed by atoms with Crippen LogP contribution in [0.2, 0.25) is 0 Å². The van der Waals surface area contributed by atoms with Gasteiger partial charge in [-0.3, -0.25) is 9.59 Å². The van der Waals surface area contributed by atoms with Gasteiger partial charge in [0.2, 0.25) is 0 Å². The second kappa shape index (κ2) is 5.20. The molecular formula is C17H16O4. The highest BCUT2D eigenvalue weighted by Crippen LogP contribution is 2.33. The van der Waals surface area contributed by atoms with Crippen molar-refractivity contribution >= 4 is 11.6 Å². The summed E-state index contributed by atoms with van der Waals surface area (Å²) in [5.41, 5.74) is 2.35. The molecular weight excluding hydrogens is 268 g/mol. The number of phenolic OH excluding ortho intramolecular Hbond substituents is 2. The minimum atomic E-state index is -0.141. The molecule has 0 saturated heterocycles. The third kappa shape index (κ3) is 2.61. The number of carbonyl (C=O) groups excluding carboxylic acids is 2. The first kappa shape index (κ1) is 13.6. The van der Waals surface area contributed by atoms with Crippen LogP contribution in [-0.2, 0) is 22.4 Å². The number of benzene rings is 1. The highest BCUT2D eigenvalue weighted by Gasteiger charge is 2.23. The van der Waals surface area contributed by atoms with Gasteiger partial charge in [0.1, 0.15) is 11.5 Å². The quantitative estimate of drug-likeness (QED) is 0.566. The van der Waals surface area contributed by atoms with Crippen LogP contribution in [0.4, 0.5) is 0 Å². The molecule has 0 saturated carbocycles. The Morgan fingerprint density at radius 1 is 0.810 bits per heavy atom. The average molecular weight is 284 g/mol. The number of phenols is 2. The first-order valence-electron chi connectivity index (χ1n) is 7.08. The van der Waals surface area contributed by atoms with Gasteiger partial charge in [0.25, 0.3) is 0 Å². The fourth-order valence-electron chi connectivity index (χ4n) is 2.96. The Bertz CT molecular complexity index is 695. The number of rotatable bonds is 0. The number of allylic oxidation sites excluding steroid dienone is 4. The molecule has 2 aliphatic rings. The van der Waals surface area contributed by atoms with Crippen LogP contribution in [0.25, 0.3) is 0 Å². The summed E-state index contributed by atoms with van der Waals surface area (Å²) >= 11 is 0. The Morgan fingerprint density at radius 2 is 1.43 bits per heavy atom. The molecule has 0 fully saturated rings. The summed E-state index contributed by atoms with van der Waals surface area (Å²) in [4.78, 5) is 24.0. The van der Waals surface area contributed by atoms with Gasteiger partial charge in [-0.25, -0.2) is 0 Å². The van der Waals surface area contributed by atoms with E-state index in [1.54, 1.807) is 6.07 Å². The van der Waals surface area contributed by atoms with Gasteiger partial charge in [-0.1, -0.05) is 0 Å². The number of Topliss-reactive ketones (excluding diaryl/α,β-unsaturated/α-hetero) is 1. The summed E-state index contributed by atoms with van der Waals surface area (Å²) in [6, 6.07) is 3.08. The maximum atomic E-state index is 12.3. The summed E-state index contributed by atoms with van der Waals surface area (Å²) in [7, 11) is 0. The SMILES string of the molecule is O=C1C=C2CCCc3cc(O)cc(c3O)CCC(=C1)C2=O. The maximum Gasteiger partial charge on any atom is 0.185 e. The van der Waals surface area contributed by atoms with Crippen LogP contribution in [0.3, 0.4) is 0 Å². The molecule has 0 unspecified atom stereocenters. The zero-order chi connectivity index (χ0) is 15.0. The summed E-state index contributed by atoms with van der Waals surface area (Å²) < 4.78 is 0. The van der Waals surface area contributed by atoms with Crippen molar-refractivity contribution in [2.24, 2.45) is 0 Å². The molecule has 4 nitrogen and oxygen atoms in total. The summed E-state index contributed by atoms with van der Waals surface area (Å²) in [6.07, 6.45) is 5.32. The summed E-state index contributed by atoms with van der Waals surface area (Å²) in [5, 5.41) is 20.0. The largest absolute Gasteiger partial charge is 0.508 e. The molecule has 0 radical (unpaired) electrons. The molecule has 0 amide bonds. The third-order valence-corrected chi connectivity index (χ3v) is 4.02. The molecule has 0 atom stereocenters. The van der Waals surface area contributed by atoms with Crippen LogP contribution < -0.4 is 0 Å². The van der Waals surface area contributed by atoms with Crippen molar-refractivity contribution in [3.63, 3.8) is 0 Å². The van der Waals surface area contributed by atoms with E-state index in [0.29, 0.717) is 54.4 Å². The minimum Gasteiger partial charge on any atom is -0.508 e. The van der Waals surface area contributed by atoms with E-state index in [4.69, 9.17) is 0 Å². The Morgan fingerprint density at radius 3 is 2.14 bits per heavy atom. The van der Waals surface area contributed by atoms with Gasteiger partial charge in [-0.2, -0.15) is 0 Å². The van der Waals surface area contributed by atoms with Gasteiger partial charge in [0.05, 0.1) is 0 Å². The summed E-state index contributed by atoms with van der Waals surface area (Å²) in [5.74, 6) is 0.110. The molecule has 2 N–H and O–H groups in total. The lowest BCUT2D eigenvalue weighted by Crippen LogP contribution is -2.15. The Labute approximate surface area is 122 Å². The second-order valence-corrected chi connectivity index (χ2v) is 5.54. The first-order chi connectivity index (χ1) is 10.0. The number of hydrogen-bond acceptors (Lipinski definition) is 4. The van der Waals surface area contributed by atoms with Crippen LogP contribution in [0.1, 0.15) is 30.4 Å². The molecule has 3 rings (SSSR count). The Balaban J connectivity index is 2.02. The molecule has 0 aliphatic heterocycles. The van der Waals surface area contributed by atoms with E-state index in [1.165, 1.54) is 18.2 Å². The zero-order valence-corrected chi connectivity index (χ0v) is 11.6. The Hall–Kier alpha value is -2.36. The molecule has 4 bridgehead atoms. The zero-order valence-electron chi connectivity index (χ0n) is 11.6. The van der Waals surface area contributed by atoms with Crippen LogP contribution in [0.15, 0.2) is 35.4 Å². The van der Waals surface area contributed by atoms with E-state index in [9.17, 15) is 19.8 Å². The number of aryl methyl sites for hydroxylation is 2. The second-order valence-electron chi connectivity index (χ2n) is 5.54. The highest BCUT2D eigenvalue weighted by atomic mass is 16.3. The van der Waals surface area contributed by atoms with Crippen molar-refractivity contribution in [2.45, 2.75) is 32.1 Å². The van der Waals surface area contributed by atoms with Crippen LogP contribution in [0.5, 0.6) is 11.5 Å². The van der Waals surface area contributed by atoms with Gasteiger partial charge < -0.3 is 10.2 Å². The highest BCUT2D eigenvalue weighted by molar-refractivity contribution is 6.20.